The lowest BCUT2D eigenvalue weighted by molar-refractivity contribution is 0.463. The first kappa shape index (κ1) is 12.9. The van der Waals surface area contributed by atoms with E-state index >= 15 is 0 Å². The third-order valence-corrected chi connectivity index (χ3v) is 2.16. The number of nitrogens with two attached hydrogens (primary N) is 2. The summed E-state index contributed by atoms with van der Waals surface area (Å²) in [5.74, 6) is 0. The van der Waals surface area contributed by atoms with Gasteiger partial charge in [-0.25, -0.2) is 0 Å². The molecule has 0 spiro atoms. The zero-order valence-electron chi connectivity index (χ0n) is 8.89. The van der Waals surface area contributed by atoms with E-state index in [4.69, 9.17) is 11.5 Å². The van der Waals surface area contributed by atoms with E-state index in [0.717, 1.165) is 32.4 Å². The molecule has 1 unspecified atom stereocenters. The number of hydrogen-bond donors (Lipinski definition) is 3. The van der Waals surface area contributed by atoms with Crippen LogP contribution in [-0.4, -0.2) is 19.3 Å². The van der Waals surface area contributed by atoms with Crippen LogP contribution in [0.5, 0.6) is 0 Å². The van der Waals surface area contributed by atoms with Gasteiger partial charge in [-0.15, -0.1) is 0 Å². The molecule has 0 bridgehead atoms. The minimum absolute atomic E-state index is 0.185. The molecule has 0 saturated heterocycles. The lowest BCUT2D eigenvalue weighted by atomic mass is 10.2. The Bertz CT molecular complexity index is 96.2. The SMILES string of the molecule is CCCCCC(N)NCCCCN. The fourth-order valence-electron chi connectivity index (χ4n) is 1.27. The second-order valence-electron chi connectivity index (χ2n) is 3.55. The second-order valence-corrected chi connectivity index (χ2v) is 3.55. The summed E-state index contributed by atoms with van der Waals surface area (Å²) in [4.78, 5) is 0. The van der Waals surface area contributed by atoms with Crippen LogP contribution in [0.4, 0.5) is 0 Å². The molecule has 1 atom stereocenters. The summed E-state index contributed by atoms with van der Waals surface area (Å²) in [5.41, 5.74) is 11.2. The number of nitrogens with one attached hydrogen (secondary N) is 1. The highest BCUT2D eigenvalue weighted by Crippen LogP contribution is 1.99. The van der Waals surface area contributed by atoms with E-state index in [1.807, 2.05) is 0 Å². The van der Waals surface area contributed by atoms with E-state index in [2.05, 4.69) is 12.2 Å². The van der Waals surface area contributed by atoms with Gasteiger partial charge in [-0.3, -0.25) is 0 Å². The molecule has 13 heavy (non-hydrogen) atoms. The van der Waals surface area contributed by atoms with Crippen LogP contribution < -0.4 is 16.8 Å². The van der Waals surface area contributed by atoms with Crippen LogP contribution in [-0.2, 0) is 0 Å². The summed E-state index contributed by atoms with van der Waals surface area (Å²) in [5, 5.41) is 3.30. The summed E-state index contributed by atoms with van der Waals surface area (Å²) in [6.45, 7) is 4.00. The quantitative estimate of drug-likeness (QED) is 0.375. The topological polar surface area (TPSA) is 64.1 Å². The third-order valence-electron chi connectivity index (χ3n) is 2.16. The fraction of sp³-hybridized carbons (Fsp3) is 1.00. The monoisotopic (exact) mass is 187 g/mol. The molecule has 0 heterocycles. The molecule has 3 heteroatoms. The zero-order valence-corrected chi connectivity index (χ0v) is 8.89. The van der Waals surface area contributed by atoms with Crippen molar-refractivity contribution in [3.8, 4) is 0 Å². The molecule has 5 N–H and O–H groups in total. The van der Waals surface area contributed by atoms with Crippen molar-refractivity contribution in [1.82, 2.24) is 5.32 Å². The molecule has 3 nitrogen and oxygen atoms in total. The summed E-state index contributed by atoms with van der Waals surface area (Å²) in [6, 6.07) is 0. The number of hydrogen-bond acceptors (Lipinski definition) is 3. The van der Waals surface area contributed by atoms with E-state index in [0.29, 0.717) is 0 Å². The van der Waals surface area contributed by atoms with Crippen LogP contribution in [0.3, 0.4) is 0 Å². The first-order valence-electron chi connectivity index (χ1n) is 5.50. The first-order valence-corrected chi connectivity index (χ1v) is 5.50. The van der Waals surface area contributed by atoms with Crippen LogP contribution in [0, 0.1) is 0 Å². The minimum Gasteiger partial charge on any atom is -0.330 e. The van der Waals surface area contributed by atoms with E-state index in [-0.39, 0.29) is 6.17 Å². The van der Waals surface area contributed by atoms with Crippen molar-refractivity contribution >= 4 is 0 Å². The van der Waals surface area contributed by atoms with E-state index in [1.165, 1.54) is 19.3 Å². The molecule has 0 rings (SSSR count). The molecule has 0 saturated carbocycles. The van der Waals surface area contributed by atoms with Crippen LogP contribution in [0.1, 0.15) is 45.4 Å². The zero-order chi connectivity index (χ0) is 9.94. The average molecular weight is 187 g/mol. The van der Waals surface area contributed by atoms with Gasteiger partial charge in [-0.1, -0.05) is 26.2 Å². The maximum absolute atomic E-state index is 5.85. The minimum atomic E-state index is 0.185. The van der Waals surface area contributed by atoms with Gasteiger partial charge < -0.3 is 16.8 Å². The van der Waals surface area contributed by atoms with E-state index in [1.54, 1.807) is 0 Å². The van der Waals surface area contributed by atoms with Crippen molar-refractivity contribution in [2.24, 2.45) is 11.5 Å². The van der Waals surface area contributed by atoms with Crippen molar-refractivity contribution in [1.29, 1.82) is 0 Å². The molecule has 0 aromatic heterocycles. The Morgan fingerprint density at radius 1 is 1.15 bits per heavy atom. The predicted molar refractivity (Wildman–Crippen MR) is 58.4 cm³/mol. The highest BCUT2D eigenvalue weighted by atomic mass is 15.0. The molecular formula is C10H25N3. The first-order chi connectivity index (χ1) is 6.31. The van der Waals surface area contributed by atoms with Crippen molar-refractivity contribution in [3.05, 3.63) is 0 Å². The van der Waals surface area contributed by atoms with Gasteiger partial charge in [-0.05, 0) is 32.4 Å². The molecule has 0 radical (unpaired) electrons. The largest absolute Gasteiger partial charge is 0.330 e. The summed E-state index contributed by atoms with van der Waals surface area (Å²) < 4.78 is 0. The van der Waals surface area contributed by atoms with Crippen LogP contribution in [0.25, 0.3) is 0 Å². The Morgan fingerprint density at radius 2 is 1.92 bits per heavy atom. The van der Waals surface area contributed by atoms with Crippen molar-refractivity contribution in [2.75, 3.05) is 13.1 Å². The van der Waals surface area contributed by atoms with Crippen molar-refractivity contribution in [2.45, 2.75) is 51.6 Å². The van der Waals surface area contributed by atoms with Gasteiger partial charge in [0.2, 0.25) is 0 Å². The van der Waals surface area contributed by atoms with Gasteiger partial charge in [0.05, 0.1) is 6.17 Å². The third kappa shape index (κ3) is 9.80. The lowest BCUT2D eigenvalue weighted by Gasteiger charge is -2.12. The maximum atomic E-state index is 5.85. The van der Waals surface area contributed by atoms with Gasteiger partial charge in [0.25, 0.3) is 0 Å². The molecule has 0 fully saturated rings. The lowest BCUT2D eigenvalue weighted by Crippen LogP contribution is -2.37. The molecule has 0 amide bonds. The molecule has 80 valence electrons. The Labute approximate surface area is 82.3 Å². The van der Waals surface area contributed by atoms with Gasteiger partial charge in [0, 0.05) is 0 Å². The van der Waals surface area contributed by atoms with E-state index in [9.17, 15) is 0 Å². The average Bonchev–Trinajstić information content (AvgIpc) is 2.13. The molecule has 0 aliphatic carbocycles. The van der Waals surface area contributed by atoms with Gasteiger partial charge in [-0.2, -0.15) is 0 Å². The molecule has 0 aliphatic rings. The molecular weight excluding hydrogens is 162 g/mol. The van der Waals surface area contributed by atoms with Crippen LogP contribution in [0.2, 0.25) is 0 Å². The highest BCUT2D eigenvalue weighted by Gasteiger charge is 1.99. The molecule has 0 aliphatic heterocycles. The summed E-state index contributed by atoms with van der Waals surface area (Å²) in [7, 11) is 0. The normalized spacial score (nSPS) is 13.2. The van der Waals surface area contributed by atoms with Gasteiger partial charge >= 0.3 is 0 Å². The Morgan fingerprint density at radius 3 is 2.54 bits per heavy atom. The Balaban J connectivity index is 3.05. The number of unbranched alkanes of at least 4 members (excludes halogenated alkanes) is 3. The Hall–Kier alpha value is -0.120. The van der Waals surface area contributed by atoms with Gasteiger partial charge in [0.1, 0.15) is 0 Å². The smallest absolute Gasteiger partial charge is 0.0546 e. The summed E-state index contributed by atoms with van der Waals surface area (Å²) in [6.07, 6.45) is 7.30. The fourth-order valence-corrected chi connectivity index (χ4v) is 1.27. The van der Waals surface area contributed by atoms with Gasteiger partial charge in [0.15, 0.2) is 0 Å². The second kappa shape index (κ2) is 9.96. The summed E-state index contributed by atoms with van der Waals surface area (Å²) >= 11 is 0. The number of rotatable bonds is 9. The predicted octanol–water partition coefficient (Wildman–Crippen LogP) is 1.18. The highest BCUT2D eigenvalue weighted by molar-refractivity contribution is 4.59. The maximum Gasteiger partial charge on any atom is 0.0546 e. The van der Waals surface area contributed by atoms with Crippen molar-refractivity contribution < 1.29 is 0 Å². The van der Waals surface area contributed by atoms with Crippen LogP contribution in [0.15, 0.2) is 0 Å². The van der Waals surface area contributed by atoms with E-state index < -0.39 is 0 Å². The molecule has 0 aromatic carbocycles. The van der Waals surface area contributed by atoms with Crippen LogP contribution >= 0.6 is 0 Å². The standard InChI is InChI=1S/C10H25N3/c1-2-3-4-7-10(12)13-9-6-5-8-11/h10,13H,2-9,11-12H2,1H3. The van der Waals surface area contributed by atoms with Crippen molar-refractivity contribution in [3.63, 3.8) is 0 Å². The molecule has 0 aromatic rings. The Kier molecular flexibility index (Phi) is 9.87.